The number of nitrogens with zero attached hydrogens (tertiary/aromatic N) is 3. The topological polar surface area (TPSA) is 30.1 Å². The maximum atomic E-state index is 8.26. The Hall–Kier alpha value is -7.67. The Morgan fingerprint density at radius 3 is 1.51 bits per heavy atom. The first kappa shape index (κ1) is 33.9. The van der Waals surface area contributed by atoms with Crippen LogP contribution in [-0.4, -0.2) is 9.97 Å². The number of hydrogen-bond donors (Lipinski definition) is 0. The van der Waals surface area contributed by atoms with Crippen LogP contribution in [0.2, 0.25) is 0 Å². The Morgan fingerprint density at radius 2 is 0.860 bits per heavy atom. The Bertz CT molecular complexity index is 2910. The third-order valence-corrected chi connectivity index (χ3v) is 11.2. The summed E-state index contributed by atoms with van der Waals surface area (Å²) in [7, 11) is 0. The third-order valence-electron chi connectivity index (χ3n) is 11.2. The van der Waals surface area contributed by atoms with Crippen LogP contribution >= 0.6 is 0 Å². The first-order valence-electron chi connectivity index (χ1n) is 19.2. The van der Waals surface area contributed by atoms with Crippen molar-refractivity contribution in [2.24, 2.45) is 0 Å². The number of rotatable bonds is 7. The Kier molecular flexibility index (Phi) is 8.43. The molecule has 0 amide bonds. The van der Waals surface area contributed by atoms with Crippen molar-refractivity contribution in [2.75, 3.05) is 0 Å². The summed E-state index contributed by atoms with van der Waals surface area (Å²) in [5.74, 6) is 0.675. The molecule has 0 saturated heterocycles. The molecule has 0 unspecified atom stereocenters. The monoisotopic (exact) mass is 725 g/mol. The van der Waals surface area contributed by atoms with Crippen LogP contribution in [0.25, 0.3) is 72.1 Å². The molecule has 1 aliphatic carbocycles. The quantitative estimate of drug-likeness (QED) is 0.153. The maximum absolute atomic E-state index is 8.26. The largest absolute Gasteiger partial charge is 0.238 e. The van der Waals surface area contributed by atoms with Gasteiger partial charge in [0.25, 0.3) is 0 Å². The molecule has 0 N–H and O–H groups in total. The number of benzene rings is 8. The van der Waals surface area contributed by atoms with E-state index in [1.165, 1.54) is 16.7 Å². The van der Waals surface area contributed by atoms with Gasteiger partial charge in [-0.2, -0.15) is 0 Å². The van der Waals surface area contributed by atoms with Gasteiger partial charge in [-0.3, -0.25) is 0 Å². The van der Waals surface area contributed by atoms with Crippen molar-refractivity contribution in [3.05, 3.63) is 246 Å². The Balaban J connectivity index is 1.13. The van der Waals surface area contributed by atoms with Gasteiger partial charge in [0, 0.05) is 16.7 Å². The van der Waals surface area contributed by atoms with Crippen LogP contribution in [0.4, 0.5) is 5.69 Å². The zero-order valence-electron chi connectivity index (χ0n) is 31.0. The van der Waals surface area contributed by atoms with Gasteiger partial charge >= 0.3 is 0 Å². The minimum atomic E-state index is -0.572. The minimum absolute atomic E-state index is 0.572. The van der Waals surface area contributed by atoms with Crippen molar-refractivity contribution < 1.29 is 0 Å². The summed E-state index contributed by atoms with van der Waals surface area (Å²) in [5, 5.41) is 0. The van der Waals surface area contributed by atoms with Crippen LogP contribution in [0, 0.1) is 6.57 Å². The second kappa shape index (κ2) is 14.2. The molecule has 266 valence electrons. The summed E-state index contributed by atoms with van der Waals surface area (Å²) >= 11 is 0. The van der Waals surface area contributed by atoms with Crippen molar-refractivity contribution in [1.29, 1.82) is 0 Å². The fourth-order valence-electron chi connectivity index (χ4n) is 8.60. The SMILES string of the molecule is [C-]#[N+]c1cccc2c1-c1cc(-c3cccc(-c4cc(-c5ccccc5)nc(-c5cccc(-c6ccccc6)c5)n4)c3)ccc1C2(c1ccccc1)c1ccccc1. The molecule has 0 bridgehead atoms. The van der Waals surface area contributed by atoms with Gasteiger partial charge < -0.3 is 0 Å². The average Bonchev–Trinajstić information content (AvgIpc) is 3.61. The molecule has 57 heavy (non-hydrogen) atoms. The average molecular weight is 726 g/mol. The lowest BCUT2D eigenvalue weighted by molar-refractivity contribution is 0.769. The lowest BCUT2D eigenvalue weighted by Crippen LogP contribution is -2.28. The van der Waals surface area contributed by atoms with E-state index in [2.05, 4.69) is 181 Å². The molecular formula is C54H35N3. The smallest absolute Gasteiger partial charge is 0.195 e. The second-order valence-corrected chi connectivity index (χ2v) is 14.4. The predicted octanol–water partition coefficient (Wildman–Crippen LogP) is 13.7. The van der Waals surface area contributed by atoms with Gasteiger partial charge in [-0.15, -0.1) is 0 Å². The third kappa shape index (κ3) is 5.84. The van der Waals surface area contributed by atoms with Crippen molar-refractivity contribution in [1.82, 2.24) is 9.97 Å². The van der Waals surface area contributed by atoms with E-state index in [0.29, 0.717) is 11.5 Å². The molecule has 10 rings (SSSR count). The standard InChI is InChI=1S/C54H35N3/c1-55-49-30-16-29-48-52(49)46-35-41(31-32-47(46)54(48,44-25-10-4-11-26-44)45-27-12-5-13-28-45)40-22-14-23-42(33-40)51-36-50(38-19-8-3-9-20-38)56-53(57-51)43-24-15-21-39(34-43)37-17-6-2-7-18-37/h2-36H. The van der Waals surface area contributed by atoms with Crippen LogP contribution in [0.1, 0.15) is 22.3 Å². The number of hydrogen-bond acceptors (Lipinski definition) is 2. The molecule has 3 heteroatoms. The van der Waals surface area contributed by atoms with Crippen LogP contribution in [0.15, 0.2) is 212 Å². The summed E-state index contributed by atoms with van der Waals surface area (Å²) in [5.41, 5.74) is 16.0. The van der Waals surface area contributed by atoms with Crippen molar-refractivity contribution >= 4 is 5.69 Å². The summed E-state index contributed by atoms with van der Waals surface area (Å²) < 4.78 is 0. The van der Waals surface area contributed by atoms with Gasteiger partial charge in [-0.05, 0) is 79.9 Å². The molecule has 9 aromatic rings. The molecule has 0 atom stereocenters. The van der Waals surface area contributed by atoms with E-state index in [1.807, 2.05) is 36.4 Å². The van der Waals surface area contributed by atoms with Crippen molar-refractivity contribution in [3.8, 4) is 67.3 Å². The van der Waals surface area contributed by atoms with Gasteiger partial charge in [0.1, 0.15) is 0 Å². The number of fused-ring (bicyclic) bond motifs is 3. The molecule has 1 aromatic heterocycles. The van der Waals surface area contributed by atoms with Gasteiger partial charge in [-0.1, -0.05) is 188 Å². The van der Waals surface area contributed by atoms with Crippen molar-refractivity contribution in [3.63, 3.8) is 0 Å². The van der Waals surface area contributed by atoms with Crippen molar-refractivity contribution in [2.45, 2.75) is 5.41 Å². The first-order valence-corrected chi connectivity index (χ1v) is 19.2. The van der Waals surface area contributed by atoms with E-state index < -0.39 is 5.41 Å². The molecule has 8 aromatic carbocycles. The molecule has 0 fully saturated rings. The van der Waals surface area contributed by atoms with E-state index in [0.717, 1.165) is 67.0 Å². The summed E-state index contributed by atoms with van der Waals surface area (Å²) in [4.78, 5) is 14.4. The van der Waals surface area contributed by atoms with Gasteiger partial charge in [0.2, 0.25) is 0 Å². The Labute approximate surface area is 333 Å². The van der Waals surface area contributed by atoms with Gasteiger partial charge in [-0.25, -0.2) is 14.8 Å². The highest BCUT2D eigenvalue weighted by Crippen LogP contribution is 2.59. The van der Waals surface area contributed by atoms with E-state index in [-0.39, 0.29) is 0 Å². The second-order valence-electron chi connectivity index (χ2n) is 14.4. The van der Waals surface area contributed by atoms with E-state index in [9.17, 15) is 0 Å². The van der Waals surface area contributed by atoms with Crippen LogP contribution in [0.3, 0.4) is 0 Å². The molecule has 3 nitrogen and oxygen atoms in total. The van der Waals surface area contributed by atoms with E-state index in [4.69, 9.17) is 16.5 Å². The fraction of sp³-hybridized carbons (Fsp3) is 0.0185. The van der Waals surface area contributed by atoms with Gasteiger partial charge in [0.05, 0.1) is 23.4 Å². The predicted molar refractivity (Wildman–Crippen MR) is 233 cm³/mol. The van der Waals surface area contributed by atoms with E-state index >= 15 is 0 Å². The highest BCUT2D eigenvalue weighted by molar-refractivity contribution is 5.95. The van der Waals surface area contributed by atoms with E-state index in [1.54, 1.807) is 0 Å². The fourth-order valence-corrected chi connectivity index (χ4v) is 8.60. The summed E-state index contributed by atoms with van der Waals surface area (Å²) in [6.45, 7) is 8.26. The maximum Gasteiger partial charge on any atom is 0.195 e. The summed E-state index contributed by atoms with van der Waals surface area (Å²) in [6, 6.07) is 74.3. The lowest BCUT2D eigenvalue weighted by atomic mass is 9.67. The number of aromatic nitrogens is 2. The zero-order valence-corrected chi connectivity index (χ0v) is 31.0. The summed E-state index contributed by atoms with van der Waals surface area (Å²) in [6.07, 6.45) is 0. The first-order chi connectivity index (χ1) is 28.2. The minimum Gasteiger partial charge on any atom is -0.238 e. The van der Waals surface area contributed by atoms with Crippen LogP contribution < -0.4 is 0 Å². The van der Waals surface area contributed by atoms with Gasteiger partial charge in [0.15, 0.2) is 11.5 Å². The molecule has 0 saturated carbocycles. The lowest BCUT2D eigenvalue weighted by Gasteiger charge is -2.34. The molecular weight excluding hydrogens is 691 g/mol. The highest BCUT2D eigenvalue weighted by Gasteiger charge is 2.46. The molecule has 0 radical (unpaired) electrons. The molecule has 0 aliphatic heterocycles. The Morgan fingerprint density at radius 1 is 0.368 bits per heavy atom. The molecule has 1 aliphatic rings. The van der Waals surface area contributed by atoms with Crippen LogP contribution in [0.5, 0.6) is 0 Å². The zero-order chi connectivity index (χ0) is 38.2. The molecule has 0 spiro atoms. The normalized spacial score (nSPS) is 12.3. The molecule has 1 heterocycles. The highest BCUT2D eigenvalue weighted by atomic mass is 14.9. The van der Waals surface area contributed by atoms with Crippen LogP contribution in [-0.2, 0) is 5.41 Å².